The SMILES string of the molecule is Cc1cccc(C)c1NC(=O)N(CCC(=O)NC(C)c1ccccc1)CC(C)C. The van der Waals surface area contributed by atoms with E-state index >= 15 is 0 Å². The first kappa shape index (κ1) is 22.5. The average molecular weight is 396 g/mol. The van der Waals surface area contributed by atoms with Gasteiger partial charge in [0.15, 0.2) is 0 Å². The predicted octanol–water partition coefficient (Wildman–Crippen LogP) is 5.06. The molecular weight excluding hydrogens is 362 g/mol. The van der Waals surface area contributed by atoms with Crippen LogP contribution in [0.4, 0.5) is 10.5 Å². The maximum absolute atomic E-state index is 12.9. The average Bonchev–Trinajstić information content (AvgIpc) is 2.68. The van der Waals surface area contributed by atoms with E-state index < -0.39 is 0 Å². The van der Waals surface area contributed by atoms with Crippen LogP contribution in [0.3, 0.4) is 0 Å². The van der Waals surface area contributed by atoms with Crippen LogP contribution in [0.15, 0.2) is 48.5 Å². The Morgan fingerprint density at radius 1 is 0.931 bits per heavy atom. The van der Waals surface area contributed by atoms with E-state index in [4.69, 9.17) is 0 Å². The summed E-state index contributed by atoms with van der Waals surface area (Å²) in [5.41, 5.74) is 3.95. The van der Waals surface area contributed by atoms with Gasteiger partial charge in [0.25, 0.3) is 0 Å². The molecule has 0 saturated carbocycles. The molecule has 2 N–H and O–H groups in total. The Bertz CT molecular complexity index is 798. The van der Waals surface area contributed by atoms with Crippen LogP contribution in [-0.4, -0.2) is 29.9 Å². The Labute approximate surface area is 174 Å². The minimum absolute atomic E-state index is 0.0602. The van der Waals surface area contributed by atoms with E-state index in [9.17, 15) is 9.59 Å². The maximum atomic E-state index is 12.9. The second kappa shape index (κ2) is 10.6. The van der Waals surface area contributed by atoms with Gasteiger partial charge >= 0.3 is 6.03 Å². The number of nitrogens with zero attached hydrogens (tertiary/aromatic N) is 1. The zero-order valence-corrected chi connectivity index (χ0v) is 18.2. The van der Waals surface area contributed by atoms with Gasteiger partial charge in [0.2, 0.25) is 5.91 Å². The molecule has 0 fully saturated rings. The van der Waals surface area contributed by atoms with E-state index in [1.165, 1.54) is 0 Å². The summed E-state index contributed by atoms with van der Waals surface area (Å²) in [4.78, 5) is 27.1. The van der Waals surface area contributed by atoms with Crippen LogP contribution in [-0.2, 0) is 4.79 Å². The molecule has 0 bridgehead atoms. The number of urea groups is 1. The summed E-state index contributed by atoms with van der Waals surface area (Å²) in [7, 11) is 0. The lowest BCUT2D eigenvalue weighted by Gasteiger charge is -2.26. The van der Waals surface area contributed by atoms with Gasteiger partial charge in [0, 0.05) is 25.2 Å². The van der Waals surface area contributed by atoms with Gasteiger partial charge in [-0.25, -0.2) is 4.79 Å². The number of carbonyl (C=O) groups is 2. The predicted molar refractivity (Wildman–Crippen MR) is 119 cm³/mol. The Balaban J connectivity index is 1.97. The fraction of sp³-hybridized carbons (Fsp3) is 0.417. The number of nitrogens with one attached hydrogen (secondary N) is 2. The number of rotatable bonds is 8. The van der Waals surface area contributed by atoms with Gasteiger partial charge in [0.05, 0.1) is 6.04 Å². The molecule has 0 aliphatic carbocycles. The van der Waals surface area contributed by atoms with Crippen molar-refractivity contribution in [1.29, 1.82) is 0 Å². The lowest BCUT2D eigenvalue weighted by Crippen LogP contribution is -2.40. The first-order valence-corrected chi connectivity index (χ1v) is 10.2. The van der Waals surface area contributed by atoms with E-state index in [0.29, 0.717) is 19.0 Å². The molecule has 1 unspecified atom stereocenters. The van der Waals surface area contributed by atoms with Crippen molar-refractivity contribution in [3.63, 3.8) is 0 Å². The Hall–Kier alpha value is -2.82. The highest BCUT2D eigenvalue weighted by molar-refractivity contribution is 5.91. The van der Waals surface area contributed by atoms with Gasteiger partial charge in [0.1, 0.15) is 0 Å². The van der Waals surface area contributed by atoms with Gasteiger partial charge < -0.3 is 15.5 Å². The third-order valence-corrected chi connectivity index (χ3v) is 4.87. The molecule has 1 atom stereocenters. The summed E-state index contributed by atoms with van der Waals surface area (Å²) in [6.07, 6.45) is 0.268. The van der Waals surface area contributed by atoms with E-state index in [2.05, 4.69) is 24.5 Å². The number of aryl methyl sites for hydroxylation is 2. The van der Waals surface area contributed by atoms with E-state index in [1.807, 2.05) is 69.3 Å². The molecule has 3 amide bonds. The molecule has 2 rings (SSSR count). The van der Waals surface area contributed by atoms with Crippen LogP contribution in [0.2, 0.25) is 0 Å². The van der Waals surface area contributed by atoms with Crippen molar-refractivity contribution >= 4 is 17.6 Å². The van der Waals surface area contributed by atoms with Gasteiger partial charge in [-0.2, -0.15) is 0 Å². The standard InChI is InChI=1S/C24H33N3O2/c1-17(2)16-27(24(29)26-23-18(3)10-9-11-19(23)4)15-14-22(28)25-20(5)21-12-7-6-8-13-21/h6-13,17,20H,14-16H2,1-5H3,(H,25,28)(H,26,29). The van der Waals surface area contributed by atoms with Crippen molar-refractivity contribution in [3.8, 4) is 0 Å². The molecule has 2 aromatic carbocycles. The monoisotopic (exact) mass is 395 g/mol. The summed E-state index contributed by atoms with van der Waals surface area (Å²) in [5.74, 6) is 0.250. The minimum atomic E-state index is -0.167. The van der Waals surface area contributed by atoms with Gasteiger partial charge in [-0.15, -0.1) is 0 Å². The molecule has 0 spiro atoms. The zero-order chi connectivity index (χ0) is 21.4. The van der Waals surface area contributed by atoms with Crippen LogP contribution < -0.4 is 10.6 Å². The molecule has 5 heteroatoms. The minimum Gasteiger partial charge on any atom is -0.350 e. The first-order valence-electron chi connectivity index (χ1n) is 10.2. The molecule has 2 aromatic rings. The number of para-hydroxylation sites is 1. The molecule has 0 heterocycles. The third kappa shape index (κ3) is 6.93. The summed E-state index contributed by atoms with van der Waals surface area (Å²) in [5, 5.41) is 6.04. The third-order valence-electron chi connectivity index (χ3n) is 4.87. The van der Waals surface area contributed by atoms with E-state index in [0.717, 1.165) is 22.4 Å². The fourth-order valence-corrected chi connectivity index (χ4v) is 3.29. The Kier molecular flexibility index (Phi) is 8.25. The first-order chi connectivity index (χ1) is 13.8. The van der Waals surface area contributed by atoms with Crippen LogP contribution in [0.25, 0.3) is 0 Å². The summed E-state index contributed by atoms with van der Waals surface area (Å²) in [6, 6.07) is 15.6. The highest BCUT2D eigenvalue weighted by Crippen LogP contribution is 2.20. The van der Waals surface area contributed by atoms with Crippen molar-refractivity contribution < 1.29 is 9.59 Å². The van der Waals surface area contributed by atoms with Crippen LogP contribution in [0.1, 0.15) is 49.9 Å². The summed E-state index contributed by atoms with van der Waals surface area (Å²) in [6.45, 7) is 11.0. The van der Waals surface area contributed by atoms with Gasteiger partial charge in [-0.05, 0) is 43.4 Å². The van der Waals surface area contributed by atoms with Gasteiger partial charge in [-0.1, -0.05) is 62.4 Å². The lowest BCUT2D eigenvalue weighted by atomic mass is 10.1. The number of hydrogen-bond acceptors (Lipinski definition) is 2. The molecular formula is C24H33N3O2. The number of carbonyl (C=O) groups excluding carboxylic acids is 2. The van der Waals surface area contributed by atoms with E-state index in [-0.39, 0.29) is 24.4 Å². The zero-order valence-electron chi connectivity index (χ0n) is 18.2. The second-order valence-corrected chi connectivity index (χ2v) is 7.99. The smallest absolute Gasteiger partial charge is 0.321 e. The Morgan fingerprint density at radius 3 is 2.14 bits per heavy atom. The number of benzene rings is 2. The van der Waals surface area contributed by atoms with Crippen molar-refractivity contribution in [2.24, 2.45) is 5.92 Å². The molecule has 0 saturated heterocycles. The molecule has 5 nitrogen and oxygen atoms in total. The number of hydrogen-bond donors (Lipinski definition) is 2. The van der Waals surface area contributed by atoms with Gasteiger partial charge in [-0.3, -0.25) is 4.79 Å². The lowest BCUT2D eigenvalue weighted by molar-refractivity contribution is -0.121. The quantitative estimate of drug-likeness (QED) is 0.656. The molecule has 156 valence electrons. The van der Waals surface area contributed by atoms with Crippen molar-refractivity contribution in [2.75, 3.05) is 18.4 Å². The topological polar surface area (TPSA) is 61.4 Å². The number of amides is 3. The van der Waals surface area contributed by atoms with Crippen molar-refractivity contribution in [1.82, 2.24) is 10.2 Å². The van der Waals surface area contributed by atoms with Crippen LogP contribution >= 0.6 is 0 Å². The molecule has 0 radical (unpaired) electrons. The number of anilines is 1. The van der Waals surface area contributed by atoms with E-state index in [1.54, 1.807) is 4.90 Å². The molecule has 0 aromatic heterocycles. The van der Waals surface area contributed by atoms with Crippen molar-refractivity contribution in [2.45, 2.75) is 47.1 Å². The highest BCUT2D eigenvalue weighted by Gasteiger charge is 2.18. The molecule has 0 aliphatic rings. The normalized spacial score (nSPS) is 11.8. The summed E-state index contributed by atoms with van der Waals surface area (Å²) >= 11 is 0. The second-order valence-electron chi connectivity index (χ2n) is 7.99. The van der Waals surface area contributed by atoms with Crippen LogP contribution in [0.5, 0.6) is 0 Å². The van der Waals surface area contributed by atoms with Crippen molar-refractivity contribution in [3.05, 3.63) is 65.2 Å². The highest BCUT2D eigenvalue weighted by atomic mass is 16.2. The van der Waals surface area contributed by atoms with Crippen LogP contribution in [0, 0.1) is 19.8 Å². The fourth-order valence-electron chi connectivity index (χ4n) is 3.29. The molecule has 0 aliphatic heterocycles. The summed E-state index contributed by atoms with van der Waals surface area (Å²) < 4.78 is 0. The maximum Gasteiger partial charge on any atom is 0.321 e. The largest absolute Gasteiger partial charge is 0.350 e. The Morgan fingerprint density at radius 2 is 1.55 bits per heavy atom. The molecule has 29 heavy (non-hydrogen) atoms.